The Morgan fingerprint density at radius 3 is 2.00 bits per heavy atom. The van der Waals surface area contributed by atoms with E-state index < -0.39 is 0 Å². The summed E-state index contributed by atoms with van der Waals surface area (Å²) in [5.41, 5.74) is -0.573. The van der Waals surface area contributed by atoms with Crippen LogP contribution < -0.4 is 0 Å². The van der Waals surface area contributed by atoms with Crippen molar-refractivity contribution in [1.29, 1.82) is 5.26 Å². The largest absolute Gasteiger partial charge is 0.459 e. The quantitative estimate of drug-likeness (QED) is 0.671. The second kappa shape index (κ2) is 4.15. The molecule has 0 aromatic heterocycles. The van der Waals surface area contributed by atoms with Gasteiger partial charge in [-0.25, -0.2) is 0 Å². The summed E-state index contributed by atoms with van der Waals surface area (Å²) < 4.78 is 11.6. The molecule has 15 heavy (non-hydrogen) atoms. The van der Waals surface area contributed by atoms with Gasteiger partial charge in [0, 0.05) is 5.92 Å². The molecule has 0 radical (unpaired) electrons. The summed E-state index contributed by atoms with van der Waals surface area (Å²) in [4.78, 5) is 0. The molecule has 0 aromatic carbocycles. The number of hydrogen-bond donors (Lipinski definition) is 0. The zero-order chi connectivity index (χ0) is 11.7. The van der Waals surface area contributed by atoms with Gasteiger partial charge in [-0.05, 0) is 40.4 Å². The lowest BCUT2D eigenvalue weighted by molar-refractivity contribution is 0.00578. The van der Waals surface area contributed by atoms with Gasteiger partial charge in [-0.3, -0.25) is 0 Å². The van der Waals surface area contributed by atoms with Crippen LogP contribution in [0.1, 0.15) is 41.0 Å². The van der Waals surface area contributed by atoms with Gasteiger partial charge in [0.25, 0.3) is 0 Å². The second-order valence-electron chi connectivity index (χ2n) is 5.16. The van der Waals surface area contributed by atoms with Gasteiger partial charge in [-0.15, -0.1) is 0 Å². The SMILES string of the molecule is CCC(C#N)CB1OC(C)(C)C(C)(C)O1. The molecule has 1 aliphatic rings. The Labute approximate surface area is 92.9 Å². The van der Waals surface area contributed by atoms with Crippen molar-refractivity contribution in [2.45, 2.75) is 58.6 Å². The predicted molar refractivity (Wildman–Crippen MR) is 60.3 cm³/mol. The second-order valence-corrected chi connectivity index (χ2v) is 5.16. The zero-order valence-corrected chi connectivity index (χ0v) is 10.3. The van der Waals surface area contributed by atoms with Crippen molar-refractivity contribution in [3.63, 3.8) is 0 Å². The first-order valence-electron chi connectivity index (χ1n) is 5.57. The molecule has 1 atom stereocenters. The Morgan fingerprint density at radius 1 is 1.20 bits per heavy atom. The van der Waals surface area contributed by atoms with E-state index in [-0.39, 0.29) is 24.2 Å². The maximum Gasteiger partial charge on any atom is 0.459 e. The van der Waals surface area contributed by atoms with Gasteiger partial charge < -0.3 is 9.31 Å². The molecule has 1 aliphatic heterocycles. The molecule has 0 aliphatic carbocycles. The van der Waals surface area contributed by atoms with E-state index in [9.17, 15) is 0 Å². The third kappa shape index (κ3) is 2.53. The molecule has 3 nitrogen and oxygen atoms in total. The number of hydrogen-bond acceptors (Lipinski definition) is 3. The normalized spacial score (nSPS) is 24.9. The highest BCUT2D eigenvalue weighted by atomic mass is 16.7. The maximum absolute atomic E-state index is 8.89. The first-order chi connectivity index (χ1) is 6.82. The van der Waals surface area contributed by atoms with E-state index in [2.05, 4.69) is 6.07 Å². The smallest absolute Gasteiger partial charge is 0.403 e. The third-order valence-electron chi connectivity index (χ3n) is 3.45. The number of nitrogens with zero attached hydrogens (tertiary/aromatic N) is 1. The Kier molecular flexibility index (Phi) is 3.47. The van der Waals surface area contributed by atoms with Gasteiger partial charge in [0.1, 0.15) is 0 Å². The third-order valence-corrected chi connectivity index (χ3v) is 3.45. The number of nitriles is 1. The monoisotopic (exact) mass is 209 g/mol. The standard InChI is InChI=1S/C11H20BNO2/c1-6-9(8-13)7-12-14-10(2,3)11(4,5)15-12/h9H,6-7H2,1-5H3. The molecule has 0 N–H and O–H groups in total. The zero-order valence-electron chi connectivity index (χ0n) is 10.3. The minimum atomic E-state index is -0.286. The predicted octanol–water partition coefficient (Wildman–Crippen LogP) is 2.63. The van der Waals surface area contributed by atoms with Gasteiger partial charge in [0.2, 0.25) is 0 Å². The van der Waals surface area contributed by atoms with Gasteiger partial charge in [0.15, 0.2) is 0 Å². The van der Waals surface area contributed by atoms with Crippen LogP contribution in [0.4, 0.5) is 0 Å². The van der Waals surface area contributed by atoms with Crippen molar-refractivity contribution in [2.24, 2.45) is 5.92 Å². The van der Waals surface area contributed by atoms with Crippen LogP contribution in [0.5, 0.6) is 0 Å². The molecule has 4 heteroatoms. The van der Waals surface area contributed by atoms with Crippen molar-refractivity contribution in [1.82, 2.24) is 0 Å². The van der Waals surface area contributed by atoms with Crippen LogP contribution >= 0.6 is 0 Å². The lowest BCUT2D eigenvalue weighted by Crippen LogP contribution is -2.41. The van der Waals surface area contributed by atoms with E-state index in [1.165, 1.54) is 0 Å². The minimum Gasteiger partial charge on any atom is -0.403 e. The fourth-order valence-electron chi connectivity index (χ4n) is 1.60. The molecule has 1 saturated heterocycles. The average molecular weight is 209 g/mol. The van der Waals surface area contributed by atoms with Crippen molar-refractivity contribution in [3.05, 3.63) is 0 Å². The summed E-state index contributed by atoms with van der Waals surface area (Å²) in [5, 5.41) is 8.89. The van der Waals surface area contributed by atoms with Gasteiger partial charge in [-0.2, -0.15) is 5.26 Å². The first kappa shape index (κ1) is 12.5. The van der Waals surface area contributed by atoms with Crippen LogP contribution in [0.3, 0.4) is 0 Å². The highest BCUT2D eigenvalue weighted by Crippen LogP contribution is 2.38. The van der Waals surface area contributed by atoms with Crippen LogP contribution in [0.25, 0.3) is 0 Å². The summed E-state index contributed by atoms with van der Waals surface area (Å²) in [5.74, 6) is 0.0275. The van der Waals surface area contributed by atoms with Gasteiger partial charge in [-0.1, -0.05) is 6.92 Å². The molecule has 0 bridgehead atoms. The molecule has 0 aromatic rings. The lowest BCUT2D eigenvalue weighted by atomic mass is 9.77. The van der Waals surface area contributed by atoms with Crippen LogP contribution in [-0.2, 0) is 9.31 Å². The van der Waals surface area contributed by atoms with Gasteiger partial charge in [0.05, 0.1) is 17.3 Å². The Bertz CT molecular complexity index is 254. The summed E-state index contributed by atoms with van der Waals surface area (Å²) in [6, 6.07) is 2.27. The van der Waals surface area contributed by atoms with Crippen LogP contribution in [0, 0.1) is 17.2 Å². The van der Waals surface area contributed by atoms with Crippen molar-refractivity contribution in [2.75, 3.05) is 0 Å². The Morgan fingerprint density at radius 2 is 1.67 bits per heavy atom. The van der Waals surface area contributed by atoms with Crippen molar-refractivity contribution < 1.29 is 9.31 Å². The van der Waals surface area contributed by atoms with Gasteiger partial charge >= 0.3 is 7.12 Å². The fourth-order valence-corrected chi connectivity index (χ4v) is 1.60. The number of rotatable bonds is 3. The molecule has 1 unspecified atom stereocenters. The topological polar surface area (TPSA) is 42.2 Å². The van der Waals surface area contributed by atoms with E-state index in [4.69, 9.17) is 14.6 Å². The van der Waals surface area contributed by atoms with Crippen LogP contribution in [-0.4, -0.2) is 18.3 Å². The molecular weight excluding hydrogens is 189 g/mol. The van der Waals surface area contributed by atoms with Crippen LogP contribution in [0.2, 0.25) is 6.32 Å². The van der Waals surface area contributed by atoms with E-state index >= 15 is 0 Å². The minimum absolute atomic E-state index is 0.0275. The first-order valence-corrected chi connectivity index (χ1v) is 5.57. The van der Waals surface area contributed by atoms with E-state index in [1.807, 2.05) is 34.6 Å². The van der Waals surface area contributed by atoms with Crippen LogP contribution in [0.15, 0.2) is 0 Å². The highest BCUT2D eigenvalue weighted by Gasteiger charge is 2.51. The highest BCUT2D eigenvalue weighted by molar-refractivity contribution is 6.45. The molecule has 0 spiro atoms. The Balaban J connectivity index is 2.60. The molecule has 1 heterocycles. The van der Waals surface area contributed by atoms with Crippen molar-refractivity contribution in [3.8, 4) is 6.07 Å². The van der Waals surface area contributed by atoms with E-state index in [0.717, 1.165) is 6.42 Å². The fraction of sp³-hybridized carbons (Fsp3) is 0.909. The lowest BCUT2D eigenvalue weighted by Gasteiger charge is -2.32. The maximum atomic E-state index is 8.89. The Hall–Kier alpha value is -0.525. The van der Waals surface area contributed by atoms with E-state index in [0.29, 0.717) is 6.32 Å². The molecule has 84 valence electrons. The van der Waals surface area contributed by atoms with E-state index in [1.54, 1.807) is 0 Å². The molecule has 1 rings (SSSR count). The summed E-state index contributed by atoms with van der Waals surface area (Å²) in [7, 11) is -0.236. The summed E-state index contributed by atoms with van der Waals surface area (Å²) >= 11 is 0. The van der Waals surface area contributed by atoms with Crippen molar-refractivity contribution >= 4 is 7.12 Å². The molecule has 1 fully saturated rings. The molecule has 0 saturated carbocycles. The summed E-state index contributed by atoms with van der Waals surface area (Å²) in [6.45, 7) is 10.1. The summed E-state index contributed by atoms with van der Waals surface area (Å²) in [6.07, 6.45) is 1.51. The average Bonchev–Trinajstić information content (AvgIpc) is 2.31. The molecule has 0 amide bonds. The molecular formula is C11H20BNO2.